The standard InChI is InChI=1S/C32H29ClN2O4S/c33-19-22-4-3-5-24(18-22)29(36)35-31-28(26-6-1-2-7-27(26)40-31)30(37)34-25-16-12-21(13-17-25)9-8-20-10-14-23(15-11-20)32(38)39/h3-5,10-18H,1-2,6-9,19H2,(H,34,37)(H,35,36)(H,38,39). The summed E-state index contributed by atoms with van der Waals surface area (Å²) in [7, 11) is 0. The van der Waals surface area contributed by atoms with E-state index < -0.39 is 5.97 Å². The van der Waals surface area contributed by atoms with Crippen molar-refractivity contribution in [1.82, 2.24) is 0 Å². The number of rotatable bonds is 9. The first-order valence-electron chi connectivity index (χ1n) is 13.2. The highest BCUT2D eigenvalue weighted by Crippen LogP contribution is 2.39. The SMILES string of the molecule is O=C(O)c1ccc(CCc2ccc(NC(=O)c3c(NC(=O)c4cccc(CCl)c4)sc4c3CCCC4)cc2)cc1. The van der Waals surface area contributed by atoms with E-state index in [1.807, 2.05) is 42.5 Å². The van der Waals surface area contributed by atoms with Crippen LogP contribution in [0.1, 0.15) is 71.0 Å². The fraction of sp³-hybridized carbons (Fsp3) is 0.219. The van der Waals surface area contributed by atoms with Crippen LogP contribution in [-0.4, -0.2) is 22.9 Å². The minimum atomic E-state index is -0.932. The smallest absolute Gasteiger partial charge is 0.335 e. The van der Waals surface area contributed by atoms with Crippen LogP contribution in [-0.2, 0) is 31.6 Å². The number of aromatic carboxylic acids is 1. The average molecular weight is 573 g/mol. The van der Waals surface area contributed by atoms with Crippen LogP contribution < -0.4 is 10.6 Å². The van der Waals surface area contributed by atoms with Gasteiger partial charge in [0.25, 0.3) is 11.8 Å². The van der Waals surface area contributed by atoms with E-state index in [1.165, 1.54) is 11.3 Å². The Morgan fingerprint density at radius 1 is 0.775 bits per heavy atom. The van der Waals surface area contributed by atoms with E-state index >= 15 is 0 Å². The van der Waals surface area contributed by atoms with Crippen molar-refractivity contribution < 1.29 is 19.5 Å². The van der Waals surface area contributed by atoms with E-state index in [2.05, 4.69) is 10.6 Å². The molecular weight excluding hydrogens is 544 g/mol. The third-order valence-corrected chi connectivity index (χ3v) is 8.60. The van der Waals surface area contributed by atoms with Gasteiger partial charge >= 0.3 is 5.97 Å². The summed E-state index contributed by atoms with van der Waals surface area (Å²) in [4.78, 5) is 38.8. The molecule has 3 aromatic carbocycles. The molecule has 0 unspecified atom stereocenters. The normalized spacial score (nSPS) is 12.4. The third-order valence-electron chi connectivity index (χ3n) is 7.08. The van der Waals surface area contributed by atoms with Gasteiger partial charge in [-0.2, -0.15) is 0 Å². The lowest BCUT2D eigenvalue weighted by Gasteiger charge is -2.14. The highest BCUT2D eigenvalue weighted by Gasteiger charge is 2.27. The monoisotopic (exact) mass is 572 g/mol. The maximum Gasteiger partial charge on any atom is 0.335 e. The van der Waals surface area contributed by atoms with Crippen LogP contribution in [0.25, 0.3) is 0 Å². The second kappa shape index (κ2) is 12.5. The van der Waals surface area contributed by atoms with E-state index in [0.29, 0.717) is 27.7 Å². The van der Waals surface area contributed by atoms with Gasteiger partial charge < -0.3 is 15.7 Å². The molecule has 1 aliphatic carbocycles. The van der Waals surface area contributed by atoms with Crippen molar-refractivity contribution in [2.24, 2.45) is 0 Å². The number of carbonyl (C=O) groups is 3. The number of aryl methyl sites for hydroxylation is 3. The second-order valence-electron chi connectivity index (χ2n) is 9.86. The van der Waals surface area contributed by atoms with Crippen LogP contribution >= 0.6 is 22.9 Å². The van der Waals surface area contributed by atoms with E-state index in [0.717, 1.165) is 65.7 Å². The Hall–Kier alpha value is -3.94. The molecule has 1 heterocycles. The number of nitrogens with one attached hydrogen (secondary N) is 2. The summed E-state index contributed by atoms with van der Waals surface area (Å²) in [6.07, 6.45) is 5.39. The molecule has 40 heavy (non-hydrogen) atoms. The summed E-state index contributed by atoms with van der Waals surface area (Å²) in [6, 6.07) is 21.8. The number of carboxylic acids is 1. The van der Waals surface area contributed by atoms with Crippen LogP contribution in [0.5, 0.6) is 0 Å². The number of hydrogen-bond acceptors (Lipinski definition) is 4. The van der Waals surface area contributed by atoms with Crippen molar-refractivity contribution in [3.63, 3.8) is 0 Å². The van der Waals surface area contributed by atoms with E-state index in [-0.39, 0.29) is 17.4 Å². The Morgan fingerprint density at radius 2 is 1.45 bits per heavy atom. The molecule has 6 nitrogen and oxygen atoms in total. The molecule has 5 rings (SSSR count). The first kappa shape index (κ1) is 27.6. The Bertz CT molecular complexity index is 1540. The van der Waals surface area contributed by atoms with Gasteiger partial charge in [-0.1, -0.05) is 36.4 Å². The zero-order chi connectivity index (χ0) is 28.1. The van der Waals surface area contributed by atoms with E-state index in [1.54, 1.807) is 30.3 Å². The number of fused-ring (bicyclic) bond motifs is 1. The molecule has 0 spiro atoms. The van der Waals surface area contributed by atoms with Gasteiger partial charge in [0, 0.05) is 22.0 Å². The molecule has 2 amide bonds. The Kier molecular flexibility index (Phi) is 8.63. The first-order valence-corrected chi connectivity index (χ1v) is 14.6. The van der Waals surface area contributed by atoms with Gasteiger partial charge in [-0.3, -0.25) is 9.59 Å². The van der Waals surface area contributed by atoms with Gasteiger partial charge in [0.2, 0.25) is 0 Å². The van der Waals surface area contributed by atoms with E-state index in [4.69, 9.17) is 16.7 Å². The second-order valence-corrected chi connectivity index (χ2v) is 11.2. The molecule has 0 aliphatic heterocycles. The quantitative estimate of drug-likeness (QED) is 0.183. The number of amides is 2. The Balaban J connectivity index is 1.28. The van der Waals surface area contributed by atoms with Gasteiger partial charge in [-0.15, -0.1) is 22.9 Å². The molecule has 0 radical (unpaired) electrons. The van der Waals surface area contributed by atoms with Crippen molar-refractivity contribution in [2.45, 2.75) is 44.4 Å². The molecule has 0 fully saturated rings. The summed E-state index contributed by atoms with van der Waals surface area (Å²) in [5, 5.41) is 15.7. The first-order chi connectivity index (χ1) is 19.4. The fourth-order valence-electron chi connectivity index (χ4n) is 4.92. The number of thiophene rings is 1. The highest BCUT2D eigenvalue weighted by molar-refractivity contribution is 7.17. The number of alkyl halides is 1. The summed E-state index contributed by atoms with van der Waals surface area (Å²) in [5.74, 6) is -1.10. The van der Waals surface area contributed by atoms with Crippen molar-refractivity contribution in [1.29, 1.82) is 0 Å². The fourth-order valence-corrected chi connectivity index (χ4v) is 6.36. The lowest BCUT2D eigenvalue weighted by atomic mass is 9.95. The maximum absolute atomic E-state index is 13.5. The van der Waals surface area contributed by atoms with Crippen molar-refractivity contribution in [2.75, 3.05) is 10.6 Å². The largest absolute Gasteiger partial charge is 0.478 e. The zero-order valence-electron chi connectivity index (χ0n) is 21.8. The van der Waals surface area contributed by atoms with Gasteiger partial charge in [0.05, 0.1) is 11.1 Å². The number of halogens is 1. The minimum Gasteiger partial charge on any atom is -0.478 e. The summed E-state index contributed by atoms with van der Waals surface area (Å²) < 4.78 is 0. The maximum atomic E-state index is 13.5. The van der Waals surface area contributed by atoms with Crippen molar-refractivity contribution in [3.8, 4) is 0 Å². The van der Waals surface area contributed by atoms with Gasteiger partial charge in [0.15, 0.2) is 0 Å². The molecule has 0 atom stereocenters. The molecule has 4 aromatic rings. The average Bonchev–Trinajstić information content (AvgIpc) is 3.35. The van der Waals surface area contributed by atoms with Gasteiger partial charge in [-0.05, 0) is 97.2 Å². The topological polar surface area (TPSA) is 95.5 Å². The third kappa shape index (κ3) is 6.43. The predicted molar refractivity (Wildman–Crippen MR) is 160 cm³/mol. The van der Waals surface area contributed by atoms with Gasteiger partial charge in [0.1, 0.15) is 5.00 Å². The summed E-state index contributed by atoms with van der Waals surface area (Å²) in [5.41, 5.74) is 6.08. The molecule has 0 bridgehead atoms. The number of carboxylic acid groups (broad SMARTS) is 1. The summed E-state index contributed by atoms with van der Waals surface area (Å²) >= 11 is 7.44. The van der Waals surface area contributed by atoms with Crippen LogP contribution in [0, 0.1) is 0 Å². The lowest BCUT2D eigenvalue weighted by Crippen LogP contribution is -2.18. The predicted octanol–water partition coefficient (Wildman–Crippen LogP) is 7.35. The number of benzene rings is 3. The van der Waals surface area contributed by atoms with Crippen LogP contribution in [0.4, 0.5) is 10.7 Å². The number of carbonyl (C=O) groups excluding carboxylic acids is 2. The van der Waals surface area contributed by atoms with Crippen molar-refractivity contribution >= 4 is 51.4 Å². The van der Waals surface area contributed by atoms with E-state index in [9.17, 15) is 14.4 Å². The molecule has 8 heteroatoms. The molecule has 204 valence electrons. The lowest BCUT2D eigenvalue weighted by molar-refractivity contribution is 0.0696. The molecular formula is C32H29ClN2O4S. The zero-order valence-corrected chi connectivity index (χ0v) is 23.4. The molecule has 1 aliphatic rings. The van der Waals surface area contributed by atoms with Crippen molar-refractivity contribution in [3.05, 3.63) is 117 Å². The van der Waals surface area contributed by atoms with Crippen LogP contribution in [0.2, 0.25) is 0 Å². The molecule has 0 saturated carbocycles. The summed E-state index contributed by atoms with van der Waals surface area (Å²) in [6.45, 7) is 0. The minimum absolute atomic E-state index is 0.226. The molecule has 0 saturated heterocycles. The number of hydrogen-bond donors (Lipinski definition) is 3. The van der Waals surface area contributed by atoms with Crippen LogP contribution in [0.15, 0.2) is 72.8 Å². The van der Waals surface area contributed by atoms with Gasteiger partial charge in [-0.25, -0.2) is 4.79 Å². The highest BCUT2D eigenvalue weighted by atomic mass is 35.5. The van der Waals surface area contributed by atoms with Crippen LogP contribution in [0.3, 0.4) is 0 Å². The molecule has 3 N–H and O–H groups in total. The Morgan fingerprint density at radius 3 is 2.12 bits per heavy atom. The molecule has 1 aromatic heterocycles. The Labute approximate surface area is 242 Å². The number of anilines is 2.